The maximum absolute atomic E-state index is 13.2. The molecular formula is C26H41NO6Si. The van der Waals surface area contributed by atoms with Crippen molar-refractivity contribution < 1.29 is 28.2 Å². The van der Waals surface area contributed by atoms with Crippen molar-refractivity contribution in [1.29, 1.82) is 0 Å². The van der Waals surface area contributed by atoms with E-state index in [1.165, 1.54) is 0 Å². The van der Waals surface area contributed by atoms with Gasteiger partial charge in [0.25, 0.3) is 0 Å². The Morgan fingerprint density at radius 2 is 1.71 bits per heavy atom. The van der Waals surface area contributed by atoms with E-state index < -0.39 is 14.4 Å². The molecule has 7 nitrogen and oxygen atoms in total. The van der Waals surface area contributed by atoms with Crippen molar-refractivity contribution in [3.05, 3.63) is 36.1 Å². The Kier molecular flexibility index (Phi) is 9.61. The first kappa shape index (κ1) is 27.8. The van der Waals surface area contributed by atoms with Crippen molar-refractivity contribution in [1.82, 2.24) is 0 Å². The molecule has 0 bridgehead atoms. The molecule has 0 unspecified atom stereocenters. The average molecular weight is 492 g/mol. The highest BCUT2D eigenvalue weighted by atomic mass is 28.4. The summed E-state index contributed by atoms with van der Waals surface area (Å²) in [5.41, 5.74) is 0.757. The lowest BCUT2D eigenvalue weighted by Gasteiger charge is -2.40. The minimum Gasteiger partial charge on any atom is -0.546 e. The molecule has 1 N–H and O–H groups in total. The van der Waals surface area contributed by atoms with Crippen LogP contribution in [0.4, 0.5) is 5.69 Å². The van der Waals surface area contributed by atoms with E-state index in [1.54, 1.807) is 21.0 Å². The summed E-state index contributed by atoms with van der Waals surface area (Å²) in [5, 5.41) is 3.35. The van der Waals surface area contributed by atoms with E-state index in [2.05, 4.69) is 39.2 Å². The molecule has 1 aliphatic carbocycles. The molecule has 1 aliphatic rings. The van der Waals surface area contributed by atoms with Gasteiger partial charge in [-0.15, -0.1) is 0 Å². The van der Waals surface area contributed by atoms with E-state index >= 15 is 0 Å². The number of nitrogens with one attached hydrogen (secondary N) is 1. The van der Waals surface area contributed by atoms with E-state index in [4.69, 9.17) is 18.6 Å². The smallest absolute Gasteiger partial charge is 0.329 e. The van der Waals surface area contributed by atoms with Gasteiger partial charge < -0.3 is 24.0 Å². The molecule has 1 aromatic carbocycles. The van der Waals surface area contributed by atoms with Crippen LogP contribution in [-0.2, 0) is 23.5 Å². The van der Waals surface area contributed by atoms with Crippen molar-refractivity contribution in [2.45, 2.75) is 71.6 Å². The van der Waals surface area contributed by atoms with Crippen LogP contribution in [-0.4, -0.2) is 46.6 Å². The number of hydrogen-bond acceptors (Lipinski definition) is 7. The summed E-state index contributed by atoms with van der Waals surface area (Å²) in [6, 6.07) is 6.67. The zero-order chi connectivity index (χ0) is 25.5. The minimum absolute atomic E-state index is 0.0134. The van der Waals surface area contributed by atoms with E-state index in [9.17, 15) is 9.59 Å². The molecule has 0 radical (unpaired) electrons. The zero-order valence-electron chi connectivity index (χ0n) is 21.9. The molecule has 3 atom stereocenters. The monoisotopic (exact) mass is 491 g/mol. The largest absolute Gasteiger partial charge is 0.546 e. The Labute approximate surface area is 205 Å². The fourth-order valence-corrected chi connectivity index (χ4v) is 4.93. The summed E-state index contributed by atoms with van der Waals surface area (Å²) >= 11 is 0. The number of allylic oxidation sites excluding steroid dienone is 1. The number of carbonyl (C=O) groups is 2. The van der Waals surface area contributed by atoms with Crippen molar-refractivity contribution in [3.63, 3.8) is 0 Å². The van der Waals surface area contributed by atoms with E-state index in [0.29, 0.717) is 13.0 Å². The van der Waals surface area contributed by atoms with Gasteiger partial charge in [0.1, 0.15) is 11.8 Å². The van der Waals surface area contributed by atoms with Gasteiger partial charge >= 0.3 is 11.9 Å². The summed E-state index contributed by atoms with van der Waals surface area (Å²) < 4.78 is 22.7. The van der Waals surface area contributed by atoms with Gasteiger partial charge in [-0.2, -0.15) is 0 Å². The summed E-state index contributed by atoms with van der Waals surface area (Å²) in [7, 11) is -0.572. The number of carbonyl (C=O) groups excluding carboxylic acids is 2. The highest BCUT2D eigenvalue weighted by Gasteiger charge is 2.47. The van der Waals surface area contributed by atoms with Crippen molar-refractivity contribution >= 4 is 25.9 Å². The van der Waals surface area contributed by atoms with Crippen LogP contribution in [0, 0.1) is 11.8 Å². The first-order valence-electron chi connectivity index (χ1n) is 12.0. The second-order valence-corrected chi connectivity index (χ2v) is 14.8. The number of benzene rings is 1. The van der Waals surface area contributed by atoms with Crippen molar-refractivity contribution in [3.8, 4) is 5.75 Å². The number of ether oxygens (including phenoxy) is 3. The Hall–Kier alpha value is -2.48. The van der Waals surface area contributed by atoms with Crippen LogP contribution < -0.4 is 10.1 Å². The lowest BCUT2D eigenvalue weighted by atomic mass is 9.85. The second kappa shape index (κ2) is 11.8. The van der Waals surface area contributed by atoms with Crippen LogP contribution >= 0.6 is 0 Å². The van der Waals surface area contributed by atoms with Gasteiger partial charge in [-0.05, 0) is 74.7 Å². The molecule has 0 fully saturated rings. The van der Waals surface area contributed by atoms with E-state index in [0.717, 1.165) is 17.2 Å². The first-order chi connectivity index (χ1) is 15.9. The van der Waals surface area contributed by atoms with Crippen LogP contribution in [0.5, 0.6) is 5.75 Å². The third kappa shape index (κ3) is 7.01. The topological polar surface area (TPSA) is 83.1 Å². The molecular weight excluding hydrogens is 450 g/mol. The van der Waals surface area contributed by atoms with Crippen LogP contribution in [0.2, 0.25) is 18.1 Å². The average Bonchev–Trinajstić information content (AvgIpc) is 3.12. The molecule has 2 rings (SSSR count). The SMILES string of the molecule is CCOC(=O)C[C@H]1CC=C(O[Si](C)(C)C(C)(C)C)[C@@H]1[C@@H](Nc1ccc(OC)cc1)C(=O)OCC. The molecule has 0 saturated carbocycles. The molecule has 0 aromatic heterocycles. The standard InChI is InChI=1S/C26H41NO6Si/c1-9-31-22(28)17-18-11-16-21(33-34(7,8)26(3,4)5)23(18)24(25(29)32-10-2)27-19-12-14-20(30-6)15-13-19/h12-16,18,23-24,27H,9-11,17H2,1-8H3/t18-,23-,24-/m1/s1. The molecule has 0 spiro atoms. The van der Waals surface area contributed by atoms with Gasteiger partial charge in [-0.3, -0.25) is 4.79 Å². The first-order valence-corrected chi connectivity index (χ1v) is 15.0. The maximum Gasteiger partial charge on any atom is 0.329 e. The Morgan fingerprint density at radius 1 is 1.09 bits per heavy atom. The summed E-state index contributed by atoms with van der Waals surface area (Å²) in [5.74, 6) is 0.343. The summed E-state index contributed by atoms with van der Waals surface area (Å²) in [4.78, 5) is 25.6. The van der Waals surface area contributed by atoms with Crippen molar-refractivity contribution in [2.75, 3.05) is 25.6 Å². The summed E-state index contributed by atoms with van der Waals surface area (Å²) in [6.07, 6.45) is 2.88. The number of methoxy groups -OCH3 is 1. The summed E-state index contributed by atoms with van der Waals surface area (Å²) in [6.45, 7) is 15.1. The van der Waals surface area contributed by atoms with Gasteiger partial charge in [-0.1, -0.05) is 20.8 Å². The van der Waals surface area contributed by atoms with Gasteiger partial charge in [0.15, 0.2) is 0 Å². The van der Waals surface area contributed by atoms with Gasteiger partial charge in [0, 0.05) is 18.0 Å². The van der Waals surface area contributed by atoms with E-state index in [1.807, 2.05) is 30.3 Å². The molecule has 190 valence electrons. The molecule has 0 amide bonds. The normalized spacial score (nSPS) is 19.1. The minimum atomic E-state index is -2.18. The number of hydrogen-bond donors (Lipinski definition) is 1. The molecule has 0 aliphatic heterocycles. The number of esters is 2. The Balaban J connectivity index is 2.43. The molecule has 0 saturated heterocycles. The van der Waals surface area contributed by atoms with Gasteiger partial charge in [0.2, 0.25) is 8.32 Å². The maximum atomic E-state index is 13.2. The third-order valence-electron chi connectivity index (χ3n) is 6.68. The quantitative estimate of drug-likeness (QED) is 0.322. The number of rotatable bonds is 11. The third-order valence-corrected chi connectivity index (χ3v) is 11.0. The van der Waals surface area contributed by atoms with Crippen LogP contribution in [0.3, 0.4) is 0 Å². The van der Waals surface area contributed by atoms with Crippen LogP contribution in [0.25, 0.3) is 0 Å². The lowest BCUT2D eigenvalue weighted by molar-refractivity contribution is -0.148. The predicted octanol–water partition coefficient (Wildman–Crippen LogP) is 5.53. The Bertz CT molecular complexity index is 859. The van der Waals surface area contributed by atoms with E-state index in [-0.39, 0.29) is 41.8 Å². The molecule has 1 aromatic rings. The molecule has 0 heterocycles. The predicted molar refractivity (Wildman–Crippen MR) is 136 cm³/mol. The zero-order valence-corrected chi connectivity index (χ0v) is 22.9. The Morgan fingerprint density at radius 3 is 2.24 bits per heavy atom. The number of anilines is 1. The second-order valence-electron chi connectivity index (χ2n) is 10.1. The van der Waals surface area contributed by atoms with Gasteiger partial charge in [0.05, 0.1) is 26.1 Å². The highest BCUT2D eigenvalue weighted by Crippen LogP contribution is 2.45. The van der Waals surface area contributed by atoms with Gasteiger partial charge in [-0.25, -0.2) is 4.79 Å². The fraction of sp³-hybridized carbons (Fsp3) is 0.615. The lowest BCUT2D eigenvalue weighted by Crippen LogP contribution is -2.46. The van der Waals surface area contributed by atoms with Crippen LogP contribution in [0.15, 0.2) is 36.1 Å². The van der Waals surface area contributed by atoms with Crippen molar-refractivity contribution in [2.24, 2.45) is 11.8 Å². The van der Waals surface area contributed by atoms with Crippen LogP contribution in [0.1, 0.15) is 47.5 Å². The molecule has 8 heteroatoms. The molecule has 34 heavy (non-hydrogen) atoms. The highest BCUT2D eigenvalue weighted by molar-refractivity contribution is 6.74. The fourth-order valence-electron chi connectivity index (χ4n) is 3.81.